The van der Waals surface area contributed by atoms with Gasteiger partial charge in [0.05, 0.1) is 57.1 Å². The molecule has 3 amide bonds. The Morgan fingerprint density at radius 2 is 1.67 bits per heavy atom. The molecule has 272 valence electrons. The molecule has 1 aliphatic heterocycles. The molecule has 3 N–H and O–H groups in total. The Balaban J connectivity index is 1.06. The molecule has 0 unspecified atom stereocenters. The molecule has 54 heavy (non-hydrogen) atoms. The lowest BCUT2D eigenvalue weighted by atomic mass is 9.91. The zero-order valence-corrected chi connectivity index (χ0v) is 30.2. The van der Waals surface area contributed by atoms with E-state index in [1.54, 1.807) is 49.6 Å². The summed E-state index contributed by atoms with van der Waals surface area (Å²) in [5, 5.41) is 24.1. The molecule has 2 fully saturated rings. The van der Waals surface area contributed by atoms with Crippen LogP contribution in [0.25, 0.3) is 11.3 Å². The largest absolute Gasteiger partial charge is 0.390 e. The molecule has 0 spiro atoms. The number of aliphatic hydroxyl groups excluding tert-OH is 1. The molecule has 3 aromatic heterocycles. The molecular weight excluding hydrogens is 734 g/mol. The highest BCUT2D eigenvalue weighted by Crippen LogP contribution is 2.48. The van der Waals surface area contributed by atoms with Gasteiger partial charge in [0.1, 0.15) is 16.8 Å². The average Bonchev–Trinajstić information content (AvgIpc) is 4.09. The minimum Gasteiger partial charge on any atom is -0.390 e. The fraction of sp³-hybridized carbons (Fsp3) is 0.256. The van der Waals surface area contributed by atoms with Crippen molar-refractivity contribution in [2.45, 2.75) is 62.3 Å². The zero-order valence-electron chi connectivity index (χ0n) is 28.7. The fourth-order valence-electron chi connectivity index (χ4n) is 7.01. The molecule has 0 radical (unpaired) electrons. The van der Waals surface area contributed by atoms with Gasteiger partial charge in [-0.3, -0.25) is 28.9 Å². The van der Waals surface area contributed by atoms with Crippen LogP contribution in [0.5, 0.6) is 0 Å². The number of nitriles is 1. The first-order chi connectivity index (χ1) is 25.9. The van der Waals surface area contributed by atoms with Crippen molar-refractivity contribution in [3.63, 3.8) is 0 Å². The molecule has 4 heterocycles. The number of rotatable bonds is 10. The number of aromatic nitrogens is 4. The third kappa shape index (κ3) is 5.96. The van der Waals surface area contributed by atoms with E-state index in [2.05, 4.69) is 31.7 Å². The maximum atomic E-state index is 14.4. The van der Waals surface area contributed by atoms with E-state index in [0.717, 1.165) is 11.1 Å². The number of nitrogens with zero attached hydrogens (tertiary/aromatic N) is 6. The predicted octanol–water partition coefficient (Wildman–Crippen LogP) is 5.85. The molecule has 0 saturated heterocycles. The maximum Gasteiger partial charge on any atom is 0.270 e. The van der Waals surface area contributed by atoms with Gasteiger partial charge in [0.25, 0.3) is 11.8 Å². The minimum atomic E-state index is -1.42. The molecule has 5 aromatic rings. The number of fused-ring (bicyclic) bond motifs is 1. The van der Waals surface area contributed by atoms with Gasteiger partial charge in [-0.2, -0.15) is 5.26 Å². The zero-order chi connectivity index (χ0) is 38.0. The number of hydrogen-bond donors (Lipinski definition) is 3. The first-order valence-electron chi connectivity index (χ1n) is 17.1. The predicted molar refractivity (Wildman–Crippen MR) is 196 cm³/mol. The molecule has 3 aliphatic rings. The van der Waals surface area contributed by atoms with Crippen molar-refractivity contribution in [1.29, 1.82) is 5.26 Å². The molecular formula is C39H31Cl2FN8O4. The number of imidazole rings is 1. The second-order valence-electron chi connectivity index (χ2n) is 14.1. The number of carbonyl (C=O) groups is 3. The SMILES string of the molecule is C[C@@]1(Cc2ccc(C#N)cc2)C(=O)N(c2cc(Cl)c(F)c(Cl)c2)c2ncc(C(=O)NC3(C(=O)NC4(c5ccc(-c6ccc(CO)nc6)nc5)CC4)CC3)n21. The highest BCUT2D eigenvalue weighted by atomic mass is 35.5. The third-order valence-electron chi connectivity index (χ3n) is 10.4. The molecule has 2 aliphatic carbocycles. The van der Waals surface area contributed by atoms with Gasteiger partial charge in [0.15, 0.2) is 5.82 Å². The topological polar surface area (TPSA) is 166 Å². The Labute approximate surface area is 318 Å². The first kappa shape index (κ1) is 35.4. The molecule has 15 heteroatoms. The van der Waals surface area contributed by atoms with Gasteiger partial charge >= 0.3 is 0 Å². The van der Waals surface area contributed by atoms with Gasteiger partial charge in [-0.05, 0) is 86.2 Å². The molecule has 1 atom stereocenters. The number of hydrogen-bond acceptors (Lipinski definition) is 8. The summed E-state index contributed by atoms with van der Waals surface area (Å²) in [5.41, 5.74) is 1.02. The Hall–Kier alpha value is -5.68. The van der Waals surface area contributed by atoms with Gasteiger partial charge in [0.2, 0.25) is 11.9 Å². The van der Waals surface area contributed by atoms with Gasteiger partial charge in [-0.15, -0.1) is 0 Å². The van der Waals surface area contributed by atoms with Crippen molar-refractivity contribution >= 4 is 52.6 Å². The van der Waals surface area contributed by atoms with Gasteiger partial charge in [-0.25, -0.2) is 14.3 Å². The summed E-state index contributed by atoms with van der Waals surface area (Å²) in [6, 6.07) is 18.7. The summed E-state index contributed by atoms with van der Waals surface area (Å²) in [4.78, 5) is 57.0. The summed E-state index contributed by atoms with van der Waals surface area (Å²) in [6.45, 7) is 1.51. The lowest BCUT2D eigenvalue weighted by Gasteiger charge is -2.27. The second kappa shape index (κ2) is 13.0. The van der Waals surface area contributed by atoms with Crippen molar-refractivity contribution in [2.24, 2.45) is 0 Å². The minimum absolute atomic E-state index is 0.0396. The fourth-order valence-corrected chi connectivity index (χ4v) is 7.48. The number of anilines is 2. The van der Waals surface area contributed by atoms with Crippen molar-refractivity contribution in [3.05, 3.63) is 123 Å². The molecule has 12 nitrogen and oxygen atoms in total. The highest BCUT2D eigenvalue weighted by Gasteiger charge is 2.57. The van der Waals surface area contributed by atoms with Crippen molar-refractivity contribution in [2.75, 3.05) is 4.90 Å². The molecule has 2 saturated carbocycles. The van der Waals surface area contributed by atoms with Crippen LogP contribution in [-0.4, -0.2) is 47.9 Å². The lowest BCUT2D eigenvalue weighted by molar-refractivity contribution is -0.125. The van der Waals surface area contributed by atoms with Crippen LogP contribution in [0.15, 0.2) is 79.3 Å². The van der Waals surface area contributed by atoms with Crippen molar-refractivity contribution in [3.8, 4) is 17.3 Å². The summed E-state index contributed by atoms with van der Waals surface area (Å²) in [5.74, 6) is -2.16. The first-order valence-corrected chi connectivity index (χ1v) is 17.9. The third-order valence-corrected chi connectivity index (χ3v) is 11.0. The van der Waals surface area contributed by atoms with E-state index in [4.69, 9.17) is 23.2 Å². The van der Waals surface area contributed by atoms with E-state index in [9.17, 15) is 29.1 Å². The van der Waals surface area contributed by atoms with Crippen molar-refractivity contribution < 1.29 is 23.9 Å². The summed E-state index contributed by atoms with van der Waals surface area (Å²) in [7, 11) is 0. The van der Waals surface area contributed by atoms with Crippen LogP contribution in [0.1, 0.15) is 65.5 Å². The number of benzene rings is 2. The molecule has 8 rings (SSSR count). The molecule has 2 aromatic carbocycles. The summed E-state index contributed by atoms with van der Waals surface area (Å²) >= 11 is 12.3. The number of pyridine rings is 2. The number of halogens is 3. The smallest absolute Gasteiger partial charge is 0.270 e. The second-order valence-corrected chi connectivity index (χ2v) is 14.9. The lowest BCUT2D eigenvalue weighted by Crippen LogP contribution is -2.52. The van der Waals surface area contributed by atoms with E-state index in [-0.39, 0.29) is 46.3 Å². The Bertz CT molecular complexity index is 2360. The normalized spacial score (nSPS) is 18.8. The van der Waals surface area contributed by atoms with E-state index >= 15 is 0 Å². The standard InChI is InChI=1S/C39H31Cl2FN8O4/c1-37(16-22-2-4-23(17-43)5-3-22)35(54)49(27-14-28(40)32(42)29(41)15-27)36-46-20-31(50(36)37)33(52)47-39(12-13-39)34(53)48-38(10-11-38)25-7-9-30(45-19-25)24-6-8-26(21-51)44-18-24/h2-9,14-15,18-20,51H,10-13,16,21H2,1H3,(H,47,52)(H,48,53)/t37-/m1/s1. The summed E-state index contributed by atoms with van der Waals surface area (Å²) in [6.07, 6.45) is 7.05. The van der Waals surface area contributed by atoms with Crippen LogP contribution in [0.4, 0.5) is 16.0 Å². The van der Waals surface area contributed by atoms with Crippen LogP contribution in [0.3, 0.4) is 0 Å². The Morgan fingerprint density at radius 3 is 2.24 bits per heavy atom. The Morgan fingerprint density at radius 1 is 0.944 bits per heavy atom. The van der Waals surface area contributed by atoms with Crippen LogP contribution in [0.2, 0.25) is 10.0 Å². The average molecular weight is 766 g/mol. The summed E-state index contributed by atoms with van der Waals surface area (Å²) < 4.78 is 15.9. The van der Waals surface area contributed by atoms with Gasteiger partial charge in [-0.1, -0.05) is 41.4 Å². The number of aliphatic hydroxyl groups is 1. The van der Waals surface area contributed by atoms with E-state index < -0.39 is 34.2 Å². The molecule has 0 bridgehead atoms. The van der Waals surface area contributed by atoms with Crippen molar-refractivity contribution in [1.82, 2.24) is 30.2 Å². The number of nitrogens with one attached hydrogen (secondary N) is 2. The van der Waals surface area contributed by atoms with Crippen LogP contribution >= 0.6 is 23.2 Å². The quantitative estimate of drug-likeness (QED) is 0.149. The van der Waals surface area contributed by atoms with E-state index in [0.29, 0.717) is 48.2 Å². The maximum absolute atomic E-state index is 14.4. The van der Waals surface area contributed by atoms with E-state index in [1.165, 1.54) is 27.8 Å². The van der Waals surface area contributed by atoms with Crippen LogP contribution < -0.4 is 15.5 Å². The van der Waals surface area contributed by atoms with Gasteiger partial charge in [0, 0.05) is 24.4 Å². The Kier molecular flexibility index (Phi) is 8.52. The monoisotopic (exact) mass is 764 g/mol. The van der Waals surface area contributed by atoms with Gasteiger partial charge < -0.3 is 15.7 Å². The number of amides is 3. The highest BCUT2D eigenvalue weighted by molar-refractivity contribution is 6.35. The van der Waals surface area contributed by atoms with E-state index in [1.807, 2.05) is 18.2 Å². The number of carbonyl (C=O) groups excluding carboxylic acids is 3. The van der Waals surface area contributed by atoms with Crippen LogP contribution in [0, 0.1) is 17.1 Å². The van der Waals surface area contributed by atoms with Crippen LogP contribution in [-0.2, 0) is 33.7 Å².